The zero-order chi connectivity index (χ0) is 10.1. The lowest BCUT2D eigenvalue weighted by Crippen LogP contribution is -1.86. The maximum Gasteiger partial charge on any atom is 0.152 e. The Kier molecular flexibility index (Phi) is 2.00. The third-order valence-corrected chi connectivity index (χ3v) is 2.35. The first kappa shape index (κ1) is 8.81. The molecular weight excluding hydrogens is 178 g/mol. The minimum atomic E-state index is 0.667. The number of hydrogen-bond acceptors (Lipinski definition) is 2. The fourth-order valence-electron chi connectivity index (χ4n) is 1.71. The highest BCUT2D eigenvalue weighted by Gasteiger charge is 2.09. The lowest BCUT2D eigenvalue weighted by molar-refractivity contribution is 0.112. The number of aldehydes is 1. The maximum absolute atomic E-state index is 10.8. The van der Waals surface area contributed by atoms with Gasteiger partial charge in [0, 0.05) is 18.8 Å². The summed E-state index contributed by atoms with van der Waals surface area (Å²) in [5.74, 6) is 0.741. The van der Waals surface area contributed by atoms with Gasteiger partial charge >= 0.3 is 0 Å². The summed E-state index contributed by atoms with van der Waals surface area (Å²) in [4.78, 5) is 10.8. The molecule has 0 aliphatic rings. The van der Waals surface area contributed by atoms with Gasteiger partial charge in [0.2, 0.25) is 0 Å². The first-order valence-corrected chi connectivity index (χ1v) is 4.35. The Labute approximate surface area is 81.9 Å². The first-order valence-electron chi connectivity index (χ1n) is 4.35. The zero-order valence-electron chi connectivity index (χ0n) is 8.15. The Hall–Kier alpha value is -1.77. The number of methoxy groups -OCH3 is 1. The van der Waals surface area contributed by atoms with E-state index in [4.69, 9.17) is 4.74 Å². The van der Waals surface area contributed by atoms with E-state index in [1.165, 1.54) is 0 Å². The summed E-state index contributed by atoms with van der Waals surface area (Å²) >= 11 is 0. The molecule has 0 saturated carbocycles. The number of benzene rings is 1. The summed E-state index contributed by atoms with van der Waals surface area (Å²) in [6.45, 7) is 0. The molecule has 1 heterocycles. The molecule has 0 aliphatic heterocycles. The number of carbonyl (C=O) groups excluding carboxylic acids is 1. The average Bonchev–Trinajstić information content (AvgIpc) is 2.56. The molecule has 2 rings (SSSR count). The number of carbonyl (C=O) groups is 1. The fraction of sp³-hybridized carbons (Fsp3) is 0.182. The fourth-order valence-corrected chi connectivity index (χ4v) is 1.71. The van der Waals surface area contributed by atoms with E-state index in [1.54, 1.807) is 13.3 Å². The molecule has 0 aliphatic carbocycles. The molecule has 0 amide bonds. The van der Waals surface area contributed by atoms with Crippen molar-refractivity contribution in [1.82, 2.24) is 4.57 Å². The number of aryl methyl sites for hydroxylation is 1. The van der Waals surface area contributed by atoms with Crippen molar-refractivity contribution < 1.29 is 9.53 Å². The van der Waals surface area contributed by atoms with E-state index < -0.39 is 0 Å². The smallest absolute Gasteiger partial charge is 0.152 e. The van der Waals surface area contributed by atoms with Crippen LogP contribution >= 0.6 is 0 Å². The number of hydrogen-bond donors (Lipinski definition) is 0. The van der Waals surface area contributed by atoms with Crippen LogP contribution in [0.3, 0.4) is 0 Å². The SMILES string of the molecule is COc1cccc2c1c(C=O)cn2C. The molecule has 14 heavy (non-hydrogen) atoms. The van der Waals surface area contributed by atoms with Gasteiger partial charge in [0.15, 0.2) is 6.29 Å². The maximum atomic E-state index is 10.8. The molecule has 0 N–H and O–H groups in total. The minimum Gasteiger partial charge on any atom is -0.496 e. The number of aromatic nitrogens is 1. The molecule has 0 bridgehead atoms. The minimum absolute atomic E-state index is 0.667. The zero-order valence-corrected chi connectivity index (χ0v) is 8.15. The summed E-state index contributed by atoms with van der Waals surface area (Å²) in [7, 11) is 3.52. The lowest BCUT2D eigenvalue weighted by atomic mass is 10.2. The highest BCUT2D eigenvalue weighted by molar-refractivity contribution is 6.01. The van der Waals surface area contributed by atoms with Gasteiger partial charge in [-0.2, -0.15) is 0 Å². The second-order valence-electron chi connectivity index (χ2n) is 3.17. The van der Waals surface area contributed by atoms with Gasteiger partial charge in [-0.05, 0) is 12.1 Å². The molecular formula is C11H11NO2. The third kappa shape index (κ3) is 1.09. The second-order valence-corrected chi connectivity index (χ2v) is 3.17. The van der Waals surface area contributed by atoms with E-state index in [0.29, 0.717) is 5.56 Å². The molecule has 0 fully saturated rings. The van der Waals surface area contributed by atoms with E-state index in [1.807, 2.05) is 29.8 Å². The molecule has 3 heteroatoms. The normalized spacial score (nSPS) is 10.4. The van der Waals surface area contributed by atoms with Gasteiger partial charge in [-0.3, -0.25) is 4.79 Å². The van der Waals surface area contributed by atoms with Crippen molar-refractivity contribution in [3.63, 3.8) is 0 Å². The van der Waals surface area contributed by atoms with Crippen molar-refractivity contribution in [2.24, 2.45) is 7.05 Å². The Balaban J connectivity index is 2.89. The highest BCUT2D eigenvalue weighted by Crippen LogP contribution is 2.28. The van der Waals surface area contributed by atoms with Crippen LogP contribution in [-0.4, -0.2) is 18.0 Å². The Bertz CT molecular complexity index is 485. The van der Waals surface area contributed by atoms with Gasteiger partial charge in [-0.25, -0.2) is 0 Å². The molecule has 0 radical (unpaired) electrons. The van der Waals surface area contributed by atoms with Crippen LogP contribution in [0.2, 0.25) is 0 Å². The monoisotopic (exact) mass is 189 g/mol. The number of nitrogens with zero attached hydrogens (tertiary/aromatic N) is 1. The first-order chi connectivity index (χ1) is 6.77. The predicted octanol–water partition coefficient (Wildman–Crippen LogP) is 2.00. The van der Waals surface area contributed by atoms with Crippen LogP contribution < -0.4 is 4.74 Å². The molecule has 0 spiro atoms. The Morgan fingerprint density at radius 3 is 2.86 bits per heavy atom. The number of rotatable bonds is 2. The Morgan fingerprint density at radius 2 is 2.21 bits per heavy atom. The van der Waals surface area contributed by atoms with Crippen LogP contribution in [0.15, 0.2) is 24.4 Å². The topological polar surface area (TPSA) is 31.2 Å². The number of fused-ring (bicyclic) bond motifs is 1. The van der Waals surface area contributed by atoms with Gasteiger partial charge in [-0.1, -0.05) is 6.07 Å². The molecule has 0 atom stereocenters. The van der Waals surface area contributed by atoms with Crippen molar-refractivity contribution in [1.29, 1.82) is 0 Å². The van der Waals surface area contributed by atoms with Gasteiger partial charge in [0.1, 0.15) is 5.75 Å². The van der Waals surface area contributed by atoms with E-state index in [0.717, 1.165) is 22.9 Å². The van der Waals surface area contributed by atoms with Crippen LogP contribution in [0.1, 0.15) is 10.4 Å². The van der Waals surface area contributed by atoms with Gasteiger partial charge in [0.05, 0.1) is 18.0 Å². The van der Waals surface area contributed by atoms with Crippen molar-refractivity contribution >= 4 is 17.2 Å². The van der Waals surface area contributed by atoms with Crippen molar-refractivity contribution in [2.45, 2.75) is 0 Å². The summed E-state index contributed by atoms with van der Waals surface area (Å²) in [6, 6.07) is 5.73. The van der Waals surface area contributed by atoms with E-state index in [-0.39, 0.29) is 0 Å². The summed E-state index contributed by atoms with van der Waals surface area (Å²) in [6.07, 6.45) is 2.66. The summed E-state index contributed by atoms with van der Waals surface area (Å²) in [5.41, 5.74) is 1.67. The molecule has 0 unspecified atom stereocenters. The molecule has 72 valence electrons. The van der Waals surface area contributed by atoms with Crippen LogP contribution in [0.5, 0.6) is 5.75 Å². The molecule has 1 aromatic heterocycles. The standard InChI is InChI=1S/C11H11NO2/c1-12-6-8(7-13)11-9(12)4-3-5-10(11)14-2/h3-7H,1-2H3. The van der Waals surface area contributed by atoms with Gasteiger partial charge in [0.25, 0.3) is 0 Å². The van der Waals surface area contributed by atoms with Gasteiger partial charge in [-0.15, -0.1) is 0 Å². The van der Waals surface area contributed by atoms with E-state index >= 15 is 0 Å². The molecule has 1 aromatic carbocycles. The Morgan fingerprint density at radius 1 is 1.43 bits per heavy atom. The predicted molar refractivity (Wildman–Crippen MR) is 54.9 cm³/mol. The van der Waals surface area contributed by atoms with Crippen LogP contribution in [0.4, 0.5) is 0 Å². The van der Waals surface area contributed by atoms with E-state index in [9.17, 15) is 4.79 Å². The summed E-state index contributed by atoms with van der Waals surface area (Å²) < 4.78 is 7.13. The van der Waals surface area contributed by atoms with E-state index in [2.05, 4.69) is 0 Å². The highest BCUT2D eigenvalue weighted by atomic mass is 16.5. The van der Waals surface area contributed by atoms with Crippen molar-refractivity contribution in [3.8, 4) is 5.75 Å². The van der Waals surface area contributed by atoms with Crippen LogP contribution in [-0.2, 0) is 7.05 Å². The van der Waals surface area contributed by atoms with Crippen LogP contribution in [0.25, 0.3) is 10.9 Å². The number of ether oxygens (including phenoxy) is 1. The lowest BCUT2D eigenvalue weighted by Gasteiger charge is -2.02. The largest absolute Gasteiger partial charge is 0.496 e. The van der Waals surface area contributed by atoms with Crippen LogP contribution in [0, 0.1) is 0 Å². The van der Waals surface area contributed by atoms with Crippen molar-refractivity contribution in [3.05, 3.63) is 30.0 Å². The molecule has 0 saturated heterocycles. The molecule has 3 nitrogen and oxygen atoms in total. The van der Waals surface area contributed by atoms with Crippen molar-refractivity contribution in [2.75, 3.05) is 7.11 Å². The molecule has 2 aromatic rings. The average molecular weight is 189 g/mol. The summed E-state index contributed by atoms with van der Waals surface area (Å²) in [5, 5.41) is 0.882. The third-order valence-electron chi connectivity index (χ3n) is 2.35. The second kappa shape index (κ2) is 3.18. The van der Waals surface area contributed by atoms with Gasteiger partial charge < -0.3 is 9.30 Å². The quantitative estimate of drug-likeness (QED) is 0.676.